The minimum atomic E-state index is -4.40. The van der Waals surface area contributed by atoms with Crippen LogP contribution in [0.15, 0.2) is 63.6 Å². The second kappa shape index (κ2) is 8.04. The van der Waals surface area contributed by atoms with E-state index in [0.29, 0.717) is 10.6 Å². The summed E-state index contributed by atoms with van der Waals surface area (Å²) in [5.41, 5.74) is 4.04. The quantitative estimate of drug-likeness (QED) is 0.277. The van der Waals surface area contributed by atoms with Gasteiger partial charge in [-0.1, -0.05) is 28.1 Å². The van der Waals surface area contributed by atoms with Crippen molar-refractivity contribution < 1.29 is 18.0 Å². The Morgan fingerprint density at radius 3 is 2.70 bits per heavy atom. The lowest BCUT2D eigenvalue weighted by molar-refractivity contribution is -0.137. The average molecular weight is 493 g/mol. The van der Waals surface area contributed by atoms with Crippen LogP contribution in [0.3, 0.4) is 0 Å². The van der Waals surface area contributed by atoms with Crippen molar-refractivity contribution in [2.45, 2.75) is 6.18 Å². The first-order valence-electron chi connectivity index (χ1n) is 8.54. The predicted octanol–water partition coefficient (Wildman–Crippen LogP) is 5.84. The number of thiazole rings is 1. The summed E-state index contributed by atoms with van der Waals surface area (Å²) in [7, 11) is 0. The molecular weight excluding hydrogens is 481 g/mol. The maximum atomic E-state index is 12.6. The Kier molecular flexibility index (Phi) is 5.44. The van der Waals surface area contributed by atoms with Gasteiger partial charge in [-0.3, -0.25) is 4.79 Å². The highest BCUT2D eigenvalue weighted by atomic mass is 79.9. The van der Waals surface area contributed by atoms with E-state index in [4.69, 9.17) is 0 Å². The maximum Gasteiger partial charge on any atom is 0.416 e. The molecule has 152 valence electrons. The molecular formula is C20H12BrF3N4OS. The fraction of sp³-hybridized carbons (Fsp3) is 0.0500. The normalized spacial score (nSPS) is 12.0. The van der Waals surface area contributed by atoms with Crippen molar-refractivity contribution in [3.63, 3.8) is 0 Å². The van der Waals surface area contributed by atoms with Gasteiger partial charge in [0.05, 0.1) is 11.8 Å². The Labute approximate surface area is 180 Å². The molecule has 0 fully saturated rings. The van der Waals surface area contributed by atoms with Crippen LogP contribution in [-0.2, 0) is 6.18 Å². The number of amides is 1. The van der Waals surface area contributed by atoms with E-state index in [1.165, 1.54) is 29.7 Å². The molecule has 4 aromatic rings. The Hall–Kier alpha value is -2.98. The Balaban J connectivity index is 1.45. The van der Waals surface area contributed by atoms with Crippen LogP contribution < -0.4 is 5.43 Å². The number of aromatic nitrogens is 2. The maximum absolute atomic E-state index is 12.6. The van der Waals surface area contributed by atoms with E-state index in [1.807, 2.05) is 24.4 Å². The molecule has 0 aliphatic heterocycles. The first-order valence-corrected chi connectivity index (χ1v) is 10.2. The molecule has 0 bridgehead atoms. The van der Waals surface area contributed by atoms with E-state index in [0.717, 1.165) is 33.1 Å². The van der Waals surface area contributed by atoms with Crippen molar-refractivity contribution in [2.75, 3.05) is 0 Å². The number of alkyl halides is 3. The summed E-state index contributed by atoms with van der Waals surface area (Å²) < 4.78 is 38.7. The van der Waals surface area contributed by atoms with Gasteiger partial charge in [0.25, 0.3) is 5.91 Å². The van der Waals surface area contributed by atoms with Crippen LogP contribution in [-0.4, -0.2) is 22.1 Å². The zero-order chi connectivity index (χ0) is 21.3. The van der Waals surface area contributed by atoms with Crippen molar-refractivity contribution in [1.29, 1.82) is 0 Å². The summed E-state index contributed by atoms with van der Waals surface area (Å²) in [6, 6.07) is 10.3. The molecule has 2 N–H and O–H groups in total. The van der Waals surface area contributed by atoms with Crippen LogP contribution in [0.5, 0.6) is 0 Å². The monoisotopic (exact) mass is 492 g/mol. The molecule has 0 aliphatic carbocycles. The van der Waals surface area contributed by atoms with Gasteiger partial charge in [-0.05, 0) is 35.9 Å². The Bertz CT molecular complexity index is 1250. The van der Waals surface area contributed by atoms with Gasteiger partial charge >= 0.3 is 6.18 Å². The lowest BCUT2D eigenvalue weighted by Crippen LogP contribution is -2.17. The van der Waals surface area contributed by atoms with Crippen LogP contribution >= 0.6 is 27.3 Å². The summed E-state index contributed by atoms with van der Waals surface area (Å²) in [6.07, 6.45) is -1.30. The molecule has 0 atom stereocenters. The highest BCUT2D eigenvalue weighted by molar-refractivity contribution is 9.10. The van der Waals surface area contributed by atoms with Crippen molar-refractivity contribution in [1.82, 2.24) is 15.4 Å². The number of nitrogens with zero attached hydrogens (tertiary/aromatic N) is 2. The van der Waals surface area contributed by atoms with Crippen LogP contribution in [0, 0.1) is 0 Å². The molecule has 10 heteroatoms. The van der Waals surface area contributed by atoms with E-state index in [-0.39, 0.29) is 5.69 Å². The molecule has 2 aromatic heterocycles. The lowest BCUT2D eigenvalue weighted by atomic mass is 10.1. The fourth-order valence-electron chi connectivity index (χ4n) is 2.75. The summed E-state index contributed by atoms with van der Waals surface area (Å²) in [5, 5.41) is 7.06. The van der Waals surface area contributed by atoms with E-state index < -0.39 is 17.6 Å². The fourth-order valence-corrected chi connectivity index (χ4v) is 3.94. The molecule has 2 heterocycles. The van der Waals surface area contributed by atoms with E-state index in [2.05, 4.69) is 36.4 Å². The third-order valence-electron chi connectivity index (χ3n) is 4.23. The minimum Gasteiger partial charge on any atom is -0.360 e. The van der Waals surface area contributed by atoms with Crippen LogP contribution in [0.1, 0.15) is 21.6 Å². The number of rotatable bonds is 4. The van der Waals surface area contributed by atoms with E-state index in [1.54, 1.807) is 5.38 Å². The summed E-state index contributed by atoms with van der Waals surface area (Å²) in [4.78, 5) is 19.8. The first-order chi connectivity index (χ1) is 14.3. The number of halogens is 4. The minimum absolute atomic E-state index is 0.198. The number of hydrogen-bond donors (Lipinski definition) is 2. The van der Waals surface area contributed by atoms with Crippen LogP contribution in [0.25, 0.3) is 21.5 Å². The highest BCUT2D eigenvalue weighted by Crippen LogP contribution is 2.32. The zero-order valence-corrected chi connectivity index (χ0v) is 17.4. The van der Waals surface area contributed by atoms with Crippen molar-refractivity contribution >= 4 is 50.3 Å². The SMILES string of the molecule is O=C(NN=Cc1ccc(C(F)(F)F)cc1)c1csc(-c2c[nH]c3ccc(Br)cc23)n1. The third-order valence-corrected chi connectivity index (χ3v) is 5.60. The molecule has 0 saturated carbocycles. The van der Waals surface area contributed by atoms with Gasteiger partial charge < -0.3 is 4.98 Å². The highest BCUT2D eigenvalue weighted by Gasteiger charge is 2.29. The molecule has 0 spiro atoms. The Morgan fingerprint density at radius 2 is 1.97 bits per heavy atom. The molecule has 0 saturated heterocycles. The molecule has 0 unspecified atom stereocenters. The van der Waals surface area contributed by atoms with Gasteiger partial charge in [-0.25, -0.2) is 10.4 Å². The molecule has 1 amide bonds. The van der Waals surface area contributed by atoms with Crippen molar-refractivity contribution in [3.8, 4) is 10.6 Å². The van der Waals surface area contributed by atoms with Gasteiger partial charge in [-0.2, -0.15) is 18.3 Å². The van der Waals surface area contributed by atoms with Crippen LogP contribution in [0.4, 0.5) is 13.2 Å². The average Bonchev–Trinajstić information content (AvgIpc) is 3.34. The smallest absolute Gasteiger partial charge is 0.360 e. The number of hydrazone groups is 1. The summed E-state index contributed by atoms with van der Waals surface area (Å²) >= 11 is 4.77. The summed E-state index contributed by atoms with van der Waals surface area (Å²) in [6.45, 7) is 0. The molecule has 30 heavy (non-hydrogen) atoms. The van der Waals surface area contributed by atoms with Crippen molar-refractivity contribution in [3.05, 3.63) is 75.3 Å². The number of H-pyrrole nitrogens is 1. The molecule has 5 nitrogen and oxygen atoms in total. The largest absolute Gasteiger partial charge is 0.416 e. The molecule has 4 rings (SSSR count). The van der Waals surface area contributed by atoms with Gasteiger partial charge in [0.15, 0.2) is 0 Å². The second-order valence-electron chi connectivity index (χ2n) is 6.25. The van der Waals surface area contributed by atoms with Crippen LogP contribution in [0.2, 0.25) is 0 Å². The van der Waals surface area contributed by atoms with Gasteiger partial charge in [0, 0.05) is 32.5 Å². The third kappa shape index (κ3) is 4.29. The first kappa shape index (κ1) is 20.3. The zero-order valence-electron chi connectivity index (χ0n) is 15.0. The predicted molar refractivity (Wildman–Crippen MR) is 114 cm³/mol. The standard InChI is InChI=1S/C20H12BrF3N4OS/c21-13-5-6-16-14(7-13)15(9-25-16)19-27-17(10-30-19)18(29)28-26-8-11-1-3-12(4-2-11)20(22,23)24/h1-10,25H,(H,28,29). The van der Waals surface area contributed by atoms with Gasteiger partial charge in [0.2, 0.25) is 0 Å². The number of aromatic amines is 1. The lowest BCUT2D eigenvalue weighted by Gasteiger charge is -2.05. The number of nitrogens with one attached hydrogen (secondary N) is 2. The number of hydrogen-bond acceptors (Lipinski definition) is 4. The van der Waals surface area contributed by atoms with E-state index in [9.17, 15) is 18.0 Å². The number of carbonyl (C=O) groups excluding carboxylic acids is 1. The number of fused-ring (bicyclic) bond motifs is 1. The number of benzene rings is 2. The second-order valence-corrected chi connectivity index (χ2v) is 8.02. The summed E-state index contributed by atoms with van der Waals surface area (Å²) in [5.74, 6) is -0.512. The molecule has 2 aromatic carbocycles. The Morgan fingerprint density at radius 1 is 1.20 bits per heavy atom. The van der Waals surface area contributed by atoms with Crippen molar-refractivity contribution in [2.24, 2.45) is 5.10 Å². The number of carbonyl (C=O) groups is 1. The molecule has 0 radical (unpaired) electrons. The topological polar surface area (TPSA) is 70.1 Å². The van der Waals surface area contributed by atoms with E-state index >= 15 is 0 Å². The van der Waals surface area contributed by atoms with Gasteiger partial charge in [-0.15, -0.1) is 11.3 Å². The molecule has 0 aliphatic rings. The van der Waals surface area contributed by atoms with Gasteiger partial charge in [0.1, 0.15) is 10.7 Å².